The molecule has 0 saturated carbocycles. The number of rotatable bonds is 3. The summed E-state index contributed by atoms with van der Waals surface area (Å²) in [6.45, 7) is 9.42. The van der Waals surface area contributed by atoms with Gasteiger partial charge in [0.25, 0.3) is 0 Å². The molecule has 1 aliphatic heterocycles. The van der Waals surface area contributed by atoms with E-state index in [1.807, 2.05) is 0 Å². The standard InChI is InChI=1S/C14H25NO5/c1-7-19-11(16)14(5)10(18-6)8-9-15(14)12(17)20-13(2,3)4/h10H,7-9H2,1-6H3/t10-,14+/m0/s1. The van der Waals surface area contributed by atoms with Crippen molar-refractivity contribution in [3.05, 3.63) is 0 Å². The van der Waals surface area contributed by atoms with Gasteiger partial charge in [-0.25, -0.2) is 9.59 Å². The van der Waals surface area contributed by atoms with Crippen LogP contribution >= 0.6 is 0 Å². The van der Waals surface area contributed by atoms with Gasteiger partial charge in [-0.3, -0.25) is 4.90 Å². The smallest absolute Gasteiger partial charge is 0.411 e. The van der Waals surface area contributed by atoms with Gasteiger partial charge in [0, 0.05) is 13.7 Å². The molecule has 0 aromatic carbocycles. The molecular formula is C14H25NO5. The number of hydrogen-bond acceptors (Lipinski definition) is 5. The van der Waals surface area contributed by atoms with Crippen molar-refractivity contribution >= 4 is 12.1 Å². The topological polar surface area (TPSA) is 65.1 Å². The molecule has 6 nitrogen and oxygen atoms in total. The highest BCUT2D eigenvalue weighted by Crippen LogP contribution is 2.34. The molecule has 2 atom stereocenters. The largest absolute Gasteiger partial charge is 0.464 e. The molecule has 1 rings (SSSR count). The number of likely N-dealkylation sites (tertiary alicyclic amines) is 1. The molecule has 0 N–H and O–H groups in total. The molecule has 1 saturated heterocycles. The van der Waals surface area contributed by atoms with Crippen LogP contribution in [0.15, 0.2) is 0 Å². The Morgan fingerprint density at radius 1 is 1.35 bits per heavy atom. The monoisotopic (exact) mass is 287 g/mol. The molecule has 0 unspecified atom stereocenters. The minimum absolute atomic E-state index is 0.257. The Bertz CT molecular complexity index is 376. The number of esters is 1. The van der Waals surface area contributed by atoms with Crippen LogP contribution in [0.1, 0.15) is 41.0 Å². The summed E-state index contributed by atoms with van der Waals surface area (Å²) < 4.78 is 15.8. The maximum absolute atomic E-state index is 12.3. The number of amides is 1. The average Bonchev–Trinajstić information content (AvgIpc) is 2.65. The van der Waals surface area contributed by atoms with Crippen molar-refractivity contribution in [2.24, 2.45) is 0 Å². The summed E-state index contributed by atoms with van der Waals surface area (Å²) in [4.78, 5) is 26.0. The van der Waals surface area contributed by atoms with Crippen LogP contribution in [0.2, 0.25) is 0 Å². The minimum Gasteiger partial charge on any atom is -0.464 e. The third-order valence-electron chi connectivity index (χ3n) is 3.39. The fraction of sp³-hybridized carbons (Fsp3) is 0.857. The summed E-state index contributed by atoms with van der Waals surface area (Å²) in [6.07, 6.45) is -0.341. The molecule has 0 aromatic heterocycles. The summed E-state index contributed by atoms with van der Waals surface area (Å²) >= 11 is 0. The summed E-state index contributed by atoms with van der Waals surface area (Å²) in [7, 11) is 1.53. The summed E-state index contributed by atoms with van der Waals surface area (Å²) in [5, 5.41) is 0. The van der Waals surface area contributed by atoms with E-state index >= 15 is 0 Å². The average molecular weight is 287 g/mol. The quantitative estimate of drug-likeness (QED) is 0.742. The highest BCUT2D eigenvalue weighted by molar-refractivity contribution is 5.87. The number of carbonyl (C=O) groups excluding carboxylic acids is 2. The summed E-state index contributed by atoms with van der Waals surface area (Å²) in [6, 6.07) is 0. The van der Waals surface area contributed by atoms with E-state index in [2.05, 4.69) is 0 Å². The Labute approximate surface area is 120 Å². The number of hydrogen-bond donors (Lipinski definition) is 0. The van der Waals surface area contributed by atoms with Gasteiger partial charge in [0.05, 0.1) is 12.7 Å². The molecule has 0 radical (unpaired) electrons. The van der Waals surface area contributed by atoms with Gasteiger partial charge >= 0.3 is 12.1 Å². The molecule has 1 aliphatic rings. The molecule has 116 valence electrons. The maximum atomic E-state index is 12.3. The Morgan fingerprint density at radius 2 is 1.95 bits per heavy atom. The van der Waals surface area contributed by atoms with Gasteiger partial charge in [-0.1, -0.05) is 0 Å². The van der Waals surface area contributed by atoms with Gasteiger partial charge in [0.15, 0.2) is 5.54 Å². The van der Waals surface area contributed by atoms with E-state index < -0.39 is 29.3 Å². The van der Waals surface area contributed by atoms with Crippen molar-refractivity contribution in [2.75, 3.05) is 20.3 Å². The molecule has 1 heterocycles. The number of carbonyl (C=O) groups is 2. The summed E-state index contributed by atoms with van der Waals surface area (Å²) in [5.41, 5.74) is -1.76. The Hall–Kier alpha value is -1.30. The van der Waals surface area contributed by atoms with E-state index in [4.69, 9.17) is 14.2 Å². The summed E-state index contributed by atoms with van der Waals surface area (Å²) in [5.74, 6) is -0.463. The first-order valence-corrected chi connectivity index (χ1v) is 6.87. The number of nitrogens with zero attached hydrogens (tertiary/aromatic N) is 1. The predicted molar refractivity (Wildman–Crippen MR) is 73.4 cm³/mol. The third-order valence-corrected chi connectivity index (χ3v) is 3.39. The predicted octanol–water partition coefficient (Wildman–Crippen LogP) is 1.96. The molecule has 0 aliphatic carbocycles. The van der Waals surface area contributed by atoms with Crippen LogP contribution in [-0.2, 0) is 19.0 Å². The fourth-order valence-electron chi connectivity index (χ4n) is 2.40. The first-order valence-electron chi connectivity index (χ1n) is 6.87. The Balaban J connectivity index is 3.00. The van der Waals surface area contributed by atoms with Crippen molar-refractivity contribution in [3.63, 3.8) is 0 Å². The molecule has 20 heavy (non-hydrogen) atoms. The van der Waals surface area contributed by atoms with Crippen LogP contribution in [0.3, 0.4) is 0 Å². The maximum Gasteiger partial charge on any atom is 0.411 e. The second kappa shape index (κ2) is 5.99. The lowest BCUT2D eigenvalue weighted by Gasteiger charge is -2.36. The van der Waals surface area contributed by atoms with E-state index in [0.717, 1.165) is 0 Å². The first kappa shape index (κ1) is 16.8. The Morgan fingerprint density at radius 3 is 2.40 bits per heavy atom. The number of methoxy groups -OCH3 is 1. The van der Waals surface area contributed by atoms with Crippen molar-refractivity contribution in [2.45, 2.75) is 58.3 Å². The fourth-order valence-corrected chi connectivity index (χ4v) is 2.40. The van der Waals surface area contributed by atoms with Gasteiger partial charge in [0.2, 0.25) is 0 Å². The van der Waals surface area contributed by atoms with E-state index in [1.165, 1.54) is 12.0 Å². The zero-order chi connectivity index (χ0) is 15.6. The van der Waals surface area contributed by atoms with Crippen LogP contribution in [0.4, 0.5) is 4.79 Å². The van der Waals surface area contributed by atoms with E-state index in [1.54, 1.807) is 34.6 Å². The molecule has 0 bridgehead atoms. The zero-order valence-electron chi connectivity index (χ0n) is 13.2. The second-order valence-electron chi connectivity index (χ2n) is 6.01. The normalized spacial score (nSPS) is 26.5. The van der Waals surface area contributed by atoms with Gasteiger partial charge in [-0.15, -0.1) is 0 Å². The van der Waals surface area contributed by atoms with Gasteiger partial charge in [0.1, 0.15) is 5.60 Å². The zero-order valence-corrected chi connectivity index (χ0v) is 13.2. The molecule has 0 aromatic rings. The molecule has 6 heteroatoms. The van der Waals surface area contributed by atoms with Crippen LogP contribution in [0.5, 0.6) is 0 Å². The highest BCUT2D eigenvalue weighted by atomic mass is 16.6. The molecular weight excluding hydrogens is 262 g/mol. The molecule has 0 spiro atoms. The third kappa shape index (κ3) is 3.23. The van der Waals surface area contributed by atoms with E-state index in [-0.39, 0.29) is 6.61 Å². The lowest BCUT2D eigenvalue weighted by atomic mass is 9.96. The SMILES string of the molecule is CCOC(=O)[C@@]1(C)[C@@H](OC)CCN1C(=O)OC(C)(C)C. The minimum atomic E-state index is -1.15. The molecule has 1 fully saturated rings. The molecule has 1 amide bonds. The van der Waals surface area contributed by atoms with Crippen LogP contribution in [0.25, 0.3) is 0 Å². The van der Waals surface area contributed by atoms with Crippen LogP contribution in [-0.4, -0.2) is 54.5 Å². The van der Waals surface area contributed by atoms with Gasteiger partial charge < -0.3 is 14.2 Å². The highest BCUT2D eigenvalue weighted by Gasteiger charge is 2.55. The van der Waals surface area contributed by atoms with Crippen molar-refractivity contribution < 1.29 is 23.8 Å². The lowest BCUT2D eigenvalue weighted by Crippen LogP contribution is -2.58. The van der Waals surface area contributed by atoms with E-state index in [9.17, 15) is 9.59 Å². The lowest BCUT2D eigenvalue weighted by molar-refractivity contribution is -0.160. The van der Waals surface area contributed by atoms with Crippen molar-refractivity contribution in [1.29, 1.82) is 0 Å². The second-order valence-corrected chi connectivity index (χ2v) is 6.01. The van der Waals surface area contributed by atoms with Crippen LogP contribution < -0.4 is 0 Å². The van der Waals surface area contributed by atoms with Gasteiger partial charge in [-0.05, 0) is 41.0 Å². The van der Waals surface area contributed by atoms with Crippen molar-refractivity contribution in [1.82, 2.24) is 4.90 Å². The van der Waals surface area contributed by atoms with Crippen molar-refractivity contribution in [3.8, 4) is 0 Å². The van der Waals surface area contributed by atoms with Crippen LogP contribution in [0, 0.1) is 0 Å². The number of ether oxygens (including phenoxy) is 3. The Kier molecular flexibility index (Phi) is 5.02. The first-order chi connectivity index (χ1) is 9.16. The van der Waals surface area contributed by atoms with Gasteiger partial charge in [-0.2, -0.15) is 0 Å². The van der Waals surface area contributed by atoms with E-state index in [0.29, 0.717) is 13.0 Å².